The highest BCUT2D eigenvalue weighted by Crippen LogP contribution is 2.44. The number of aromatic amines is 2. The van der Waals surface area contributed by atoms with Gasteiger partial charge in [0, 0.05) is 37.8 Å². The van der Waals surface area contributed by atoms with Gasteiger partial charge in [0.15, 0.2) is 0 Å². The summed E-state index contributed by atoms with van der Waals surface area (Å²) in [6.07, 6.45) is 1.46. The molecule has 0 saturated carbocycles. The van der Waals surface area contributed by atoms with Crippen molar-refractivity contribution in [2.45, 2.75) is 6.04 Å². The standard InChI is InChI=1S/C17H20N4O2/c1-20-8-12-9-21(16(22)14-7-18-17(23)19-14)10-13(12)15(20)11-5-3-2-4-6-11/h2-7,12-13,15H,8-10H2,1H3,(H2,18,19,23)/t12-,13+,15-/m0/s1. The Morgan fingerprint density at radius 3 is 2.65 bits per heavy atom. The second-order valence-corrected chi connectivity index (χ2v) is 6.59. The van der Waals surface area contributed by atoms with Crippen LogP contribution in [0, 0.1) is 11.8 Å². The number of nitrogens with zero attached hydrogens (tertiary/aromatic N) is 2. The summed E-state index contributed by atoms with van der Waals surface area (Å²) in [7, 11) is 2.16. The number of H-pyrrole nitrogens is 2. The number of benzene rings is 1. The van der Waals surface area contributed by atoms with Crippen LogP contribution in [0.5, 0.6) is 0 Å². The molecule has 1 aromatic carbocycles. The van der Waals surface area contributed by atoms with Crippen LogP contribution >= 0.6 is 0 Å². The highest BCUT2D eigenvalue weighted by Gasteiger charge is 2.47. The quantitative estimate of drug-likeness (QED) is 0.871. The van der Waals surface area contributed by atoms with E-state index < -0.39 is 0 Å². The minimum atomic E-state index is -0.338. The van der Waals surface area contributed by atoms with Crippen molar-refractivity contribution in [3.63, 3.8) is 0 Å². The Balaban J connectivity index is 1.56. The molecule has 0 aliphatic carbocycles. The van der Waals surface area contributed by atoms with Gasteiger partial charge in [0.2, 0.25) is 0 Å². The lowest BCUT2D eigenvalue weighted by Crippen LogP contribution is -2.33. The number of hydrogen-bond donors (Lipinski definition) is 2. The number of amides is 1. The Kier molecular flexibility index (Phi) is 3.34. The summed E-state index contributed by atoms with van der Waals surface area (Å²) in [4.78, 5) is 33.1. The molecular formula is C17H20N4O2. The third-order valence-electron chi connectivity index (χ3n) is 5.15. The molecule has 1 aromatic heterocycles. The average molecular weight is 312 g/mol. The molecule has 4 rings (SSSR count). The smallest absolute Gasteiger partial charge is 0.323 e. The summed E-state index contributed by atoms with van der Waals surface area (Å²) < 4.78 is 0. The molecule has 6 nitrogen and oxygen atoms in total. The van der Waals surface area contributed by atoms with E-state index in [4.69, 9.17) is 0 Å². The van der Waals surface area contributed by atoms with Crippen molar-refractivity contribution in [2.75, 3.05) is 26.7 Å². The summed E-state index contributed by atoms with van der Waals surface area (Å²) >= 11 is 0. The molecule has 3 heterocycles. The topological polar surface area (TPSA) is 72.2 Å². The summed E-state index contributed by atoms with van der Waals surface area (Å²) in [5, 5.41) is 0. The molecule has 2 aromatic rings. The lowest BCUT2D eigenvalue weighted by atomic mass is 9.90. The van der Waals surface area contributed by atoms with Crippen LogP contribution in [0.1, 0.15) is 22.1 Å². The number of hydrogen-bond acceptors (Lipinski definition) is 3. The molecule has 2 saturated heterocycles. The first kappa shape index (κ1) is 14.3. The van der Waals surface area contributed by atoms with Gasteiger partial charge in [-0.25, -0.2) is 4.79 Å². The number of carbonyl (C=O) groups is 1. The average Bonchev–Trinajstić information content (AvgIpc) is 3.21. The Hall–Kier alpha value is -2.34. The normalized spacial score (nSPS) is 27.3. The summed E-state index contributed by atoms with van der Waals surface area (Å²) in [6.45, 7) is 2.49. The van der Waals surface area contributed by atoms with Crippen LogP contribution in [0.4, 0.5) is 0 Å². The second kappa shape index (κ2) is 5.38. The van der Waals surface area contributed by atoms with Crippen molar-refractivity contribution in [1.82, 2.24) is 19.8 Å². The summed E-state index contributed by atoms with van der Waals surface area (Å²) in [5.41, 5.74) is 1.32. The maximum atomic E-state index is 12.5. The van der Waals surface area contributed by atoms with Gasteiger partial charge in [-0.15, -0.1) is 0 Å². The minimum Gasteiger partial charge on any atom is -0.337 e. The number of fused-ring (bicyclic) bond motifs is 1. The predicted molar refractivity (Wildman–Crippen MR) is 86.1 cm³/mol. The van der Waals surface area contributed by atoms with E-state index >= 15 is 0 Å². The molecule has 3 atom stereocenters. The first-order valence-electron chi connectivity index (χ1n) is 7.95. The third-order valence-corrected chi connectivity index (χ3v) is 5.15. The van der Waals surface area contributed by atoms with Crippen LogP contribution in [-0.4, -0.2) is 52.4 Å². The SMILES string of the molecule is CN1C[C@H]2CN(C(=O)c3c[nH]c(=O)[nH]3)C[C@H]2[C@@H]1c1ccccc1. The Morgan fingerprint density at radius 2 is 1.96 bits per heavy atom. The molecule has 120 valence electrons. The van der Waals surface area contributed by atoms with Gasteiger partial charge in [-0.2, -0.15) is 0 Å². The van der Waals surface area contributed by atoms with Crippen molar-refractivity contribution < 1.29 is 4.79 Å². The van der Waals surface area contributed by atoms with E-state index in [2.05, 4.69) is 46.2 Å². The molecule has 0 radical (unpaired) electrons. The monoisotopic (exact) mass is 312 g/mol. The number of rotatable bonds is 2. The van der Waals surface area contributed by atoms with Crippen LogP contribution in [0.2, 0.25) is 0 Å². The fraction of sp³-hybridized carbons (Fsp3) is 0.412. The van der Waals surface area contributed by atoms with Gasteiger partial charge in [-0.1, -0.05) is 30.3 Å². The zero-order chi connectivity index (χ0) is 16.0. The Labute approximate surface area is 134 Å². The molecular weight excluding hydrogens is 292 g/mol. The lowest BCUT2D eigenvalue weighted by molar-refractivity contribution is 0.0762. The molecule has 2 aliphatic rings. The molecule has 0 spiro atoms. The molecule has 2 aliphatic heterocycles. The van der Waals surface area contributed by atoms with Crippen LogP contribution in [0.3, 0.4) is 0 Å². The van der Waals surface area contributed by atoms with E-state index in [1.54, 1.807) is 0 Å². The molecule has 0 bridgehead atoms. The van der Waals surface area contributed by atoms with Gasteiger partial charge in [0.1, 0.15) is 5.69 Å². The van der Waals surface area contributed by atoms with Crippen LogP contribution < -0.4 is 5.69 Å². The molecule has 2 fully saturated rings. The number of carbonyl (C=O) groups excluding carboxylic acids is 1. The van der Waals surface area contributed by atoms with E-state index in [1.165, 1.54) is 11.8 Å². The maximum Gasteiger partial charge on any atom is 0.323 e. The highest BCUT2D eigenvalue weighted by molar-refractivity contribution is 5.92. The number of imidazole rings is 1. The second-order valence-electron chi connectivity index (χ2n) is 6.59. The number of aromatic nitrogens is 2. The van der Waals surface area contributed by atoms with Crippen LogP contribution in [-0.2, 0) is 0 Å². The van der Waals surface area contributed by atoms with Gasteiger partial charge in [0.25, 0.3) is 5.91 Å². The van der Waals surface area contributed by atoms with Crippen molar-refractivity contribution in [1.29, 1.82) is 0 Å². The van der Waals surface area contributed by atoms with E-state index in [9.17, 15) is 9.59 Å². The Morgan fingerprint density at radius 1 is 1.17 bits per heavy atom. The zero-order valence-electron chi connectivity index (χ0n) is 13.0. The van der Waals surface area contributed by atoms with Gasteiger partial charge < -0.3 is 14.9 Å². The fourth-order valence-corrected chi connectivity index (χ4v) is 4.19. The third kappa shape index (κ3) is 2.39. The van der Waals surface area contributed by atoms with Crippen LogP contribution in [0.15, 0.2) is 41.3 Å². The van der Waals surface area contributed by atoms with Crippen molar-refractivity contribution in [3.8, 4) is 0 Å². The molecule has 1 amide bonds. The van der Waals surface area contributed by atoms with Gasteiger partial charge in [-0.05, 0) is 18.5 Å². The lowest BCUT2D eigenvalue weighted by Gasteiger charge is -2.26. The van der Waals surface area contributed by atoms with E-state index in [0.717, 1.165) is 19.6 Å². The first-order valence-corrected chi connectivity index (χ1v) is 7.95. The largest absolute Gasteiger partial charge is 0.337 e. The van der Waals surface area contributed by atoms with E-state index in [0.29, 0.717) is 23.6 Å². The van der Waals surface area contributed by atoms with Crippen LogP contribution in [0.25, 0.3) is 0 Å². The minimum absolute atomic E-state index is 0.0905. The Bertz CT molecular complexity index is 766. The van der Waals surface area contributed by atoms with Gasteiger partial charge >= 0.3 is 5.69 Å². The molecule has 23 heavy (non-hydrogen) atoms. The summed E-state index contributed by atoms with van der Waals surface area (Å²) in [6, 6.07) is 10.8. The maximum absolute atomic E-state index is 12.5. The van der Waals surface area contributed by atoms with E-state index in [1.807, 2.05) is 11.0 Å². The van der Waals surface area contributed by atoms with Crippen molar-refractivity contribution in [2.24, 2.45) is 11.8 Å². The zero-order valence-corrected chi connectivity index (χ0v) is 13.0. The number of likely N-dealkylation sites (tertiary alicyclic amines) is 2. The van der Waals surface area contributed by atoms with Gasteiger partial charge in [0.05, 0.1) is 0 Å². The van der Waals surface area contributed by atoms with Crippen molar-refractivity contribution in [3.05, 3.63) is 58.3 Å². The highest BCUT2D eigenvalue weighted by atomic mass is 16.2. The molecule has 0 unspecified atom stereocenters. The van der Waals surface area contributed by atoms with E-state index in [-0.39, 0.29) is 11.6 Å². The number of nitrogens with one attached hydrogen (secondary N) is 2. The molecule has 2 N–H and O–H groups in total. The predicted octanol–water partition coefficient (Wildman–Crippen LogP) is 1.08. The first-order chi connectivity index (χ1) is 11.1. The van der Waals surface area contributed by atoms with Gasteiger partial charge in [-0.3, -0.25) is 9.69 Å². The molecule has 6 heteroatoms. The fourth-order valence-electron chi connectivity index (χ4n) is 4.19. The summed E-state index contributed by atoms with van der Waals surface area (Å²) in [5.74, 6) is 0.837. The van der Waals surface area contributed by atoms with Crippen molar-refractivity contribution >= 4 is 5.91 Å².